The number of anilines is 2. The van der Waals surface area contributed by atoms with Gasteiger partial charge in [0.05, 0.1) is 7.11 Å². The van der Waals surface area contributed by atoms with Crippen LogP contribution in [0, 0.1) is 6.92 Å². The summed E-state index contributed by atoms with van der Waals surface area (Å²) in [5.41, 5.74) is 2.18. The van der Waals surface area contributed by atoms with Gasteiger partial charge >= 0.3 is 6.01 Å². The van der Waals surface area contributed by atoms with Crippen LogP contribution in [0.4, 0.5) is 11.6 Å². The van der Waals surface area contributed by atoms with Crippen LogP contribution in [0.25, 0.3) is 0 Å². The second-order valence-corrected chi connectivity index (χ2v) is 4.31. The number of ether oxygens (including phenoxy) is 1. The molecule has 0 N–H and O–H groups in total. The molecule has 2 rings (SSSR count). The van der Waals surface area contributed by atoms with E-state index in [1.165, 1.54) is 12.7 Å². The molecule has 100 valence electrons. The summed E-state index contributed by atoms with van der Waals surface area (Å²) in [5.74, 6) is 0.477. The van der Waals surface area contributed by atoms with E-state index >= 15 is 0 Å². The molecule has 5 nitrogen and oxygen atoms in total. The Balaban J connectivity index is 2.44. The highest BCUT2D eigenvalue weighted by molar-refractivity contribution is 6.28. The lowest BCUT2D eigenvalue weighted by Crippen LogP contribution is -2.19. The van der Waals surface area contributed by atoms with Crippen LogP contribution in [0.3, 0.4) is 0 Å². The molecule has 0 atom stereocenters. The van der Waals surface area contributed by atoms with Crippen LogP contribution < -0.4 is 9.64 Å². The minimum absolute atomic E-state index is 0.118. The molecular weight excluding hydrogens is 264 g/mol. The van der Waals surface area contributed by atoms with Crippen LogP contribution in [-0.2, 0) is 0 Å². The lowest BCUT2D eigenvalue weighted by Gasteiger charge is -2.21. The molecule has 0 unspecified atom stereocenters. The lowest BCUT2D eigenvalue weighted by atomic mass is 10.2. The Hall–Kier alpha value is -1.88. The molecule has 6 heteroatoms. The maximum absolute atomic E-state index is 5.88. The summed E-state index contributed by atoms with van der Waals surface area (Å²) in [4.78, 5) is 14.2. The summed E-state index contributed by atoms with van der Waals surface area (Å²) in [5, 5.41) is 0.118. The summed E-state index contributed by atoms with van der Waals surface area (Å²) in [6.45, 7) is 4.78. The smallest absolute Gasteiger partial charge is 0.322 e. The van der Waals surface area contributed by atoms with E-state index < -0.39 is 0 Å². The Morgan fingerprint density at radius 1 is 1.26 bits per heavy atom. The molecule has 0 amide bonds. The molecular formula is C13H15ClN4O. The normalized spacial score (nSPS) is 10.3. The molecule has 0 aliphatic heterocycles. The van der Waals surface area contributed by atoms with Crippen LogP contribution >= 0.6 is 11.6 Å². The molecule has 0 spiro atoms. The van der Waals surface area contributed by atoms with Gasteiger partial charge in [0.15, 0.2) is 0 Å². The van der Waals surface area contributed by atoms with Crippen molar-refractivity contribution in [1.29, 1.82) is 0 Å². The van der Waals surface area contributed by atoms with Gasteiger partial charge in [-0.2, -0.15) is 15.0 Å². The number of aryl methyl sites for hydroxylation is 1. The first-order chi connectivity index (χ1) is 9.13. The Bertz CT molecular complexity index is 576. The van der Waals surface area contributed by atoms with Crippen molar-refractivity contribution >= 4 is 23.2 Å². The fourth-order valence-electron chi connectivity index (χ4n) is 1.77. The van der Waals surface area contributed by atoms with Gasteiger partial charge in [-0.05, 0) is 43.1 Å². The number of benzene rings is 1. The number of hydrogen-bond acceptors (Lipinski definition) is 5. The molecule has 1 heterocycles. The fourth-order valence-corrected chi connectivity index (χ4v) is 1.92. The number of rotatable bonds is 4. The highest BCUT2D eigenvalue weighted by Crippen LogP contribution is 2.24. The van der Waals surface area contributed by atoms with Crippen molar-refractivity contribution in [1.82, 2.24) is 15.0 Å². The molecule has 19 heavy (non-hydrogen) atoms. The average Bonchev–Trinajstić information content (AvgIpc) is 2.39. The lowest BCUT2D eigenvalue weighted by molar-refractivity contribution is 0.378. The third-order valence-corrected chi connectivity index (χ3v) is 2.80. The van der Waals surface area contributed by atoms with Gasteiger partial charge in [-0.25, -0.2) is 0 Å². The molecule has 0 saturated carbocycles. The van der Waals surface area contributed by atoms with Crippen molar-refractivity contribution in [2.24, 2.45) is 0 Å². The first-order valence-electron chi connectivity index (χ1n) is 5.93. The van der Waals surface area contributed by atoms with E-state index in [0.717, 1.165) is 5.69 Å². The maximum Gasteiger partial charge on any atom is 0.322 e. The van der Waals surface area contributed by atoms with Crippen LogP contribution in [-0.4, -0.2) is 28.6 Å². The summed E-state index contributed by atoms with van der Waals surface area (Å²) in [6.07, 6.45) is 0. The minimum Gasteiger partial charge on any atom is -0.467 e. The van der Waals surface area contributed by atoms with Crippen LogP contribution in [0.5, 0.6) is 6.01 Å². The first kappa shape index (κ1) is 13.5. The molecule has 0 fully saturated rings. The Labute approximate surface area is 117 Å². The van der Waals surface area contributed by atoms with Gasteiger partial charge < -0.3 is 9.64 Å². The quantitative estimate of drug-likeness (QED) is 0.860. The molecule has 1 aromatic heterocycles. The van der Waals surface area contributed by atoms with Crippen molar-refractivity contribution in [2.75, 3.05) is 18.6 Å². The van der Waals surface area contributed by atoms with E-state index in [-0.39, 0.29) is 11.3 Å². The van der Waals surface area contributed by atoms with Crippen LogP contribution in [0.2, 0.25) is 5.28 Å². The third-order valence-electron chi connectivity index (χ3n) is 2.63. The van der Waals surface area contributed by atoms with Crippen molar-refractivity contribution in [3.63, 3.8) is 0 Å². The van der Waals surface area contributed by atoms with Gasteiger partial charge in [0.2, 0.25) is 11.2 Å². The molecule has 0 radical (unpaired) electrons. The zero-order chi connectivity index (χ0) is 13.8. The minimum atomic E-state index is 0.118. The Morgan fingerprint density at radius 2 is 2.05 bits per heavy atom. The van der Waals surface area contributed by atoms with Gasteiger partial charge in [0, 0.05) is 12.2 Å². The first-order valence-corrected chi connectivity index (χ1v) is 6.31. The van der Waals surface area contributed by atoms with Crippen LogP contribution in [0.15, 0.2) is 24.3 Å². The second-order valence-electron chi connectivity index (χ2n) is 3.97. The van der Waals surface area contributed by atoms with Crippen LogP contribution in [0.1, 0.15) is 12.5 Å². The number of nitrogens with zero attached hydrogens (tertiary/aromatic N) is 4. The summed E-state index contributed by atoms with van der Waals surface area (Å²) in [6, 6.07) is 8.31. The van der Waals surface area contributed by atoms with E-state index in [0.29, 0.717) is 12.5 Å². The van der Waals surface area contributed by atoms with E-state index in [2.05, 4.69) is 21.0 Å². The second kappa shape index (κ2) is 5.84. The van der Waals surface area contributed by atoms with Crippen molar-refractivity contribution in [3.05, 3.63) is 35.1 Å². The van der Waals surface area contributed by atoms with Gasteiger partial charge in [0.1, 0.15) is 0 Å². The topological polar surface area (TPSA) is 51.1 Å². The highest BCUT2D eigenvalue weighted by Gasteiger charge is 2.13. The van der Waals surface area contributed by atoms with E-state index in [1.807, 2.05) is 36.9 Å². The SMILES string of the molecule is CCN(c1cccc(C)c1)c1nc(Cl)nc(OC)n1. The van der Waals surface area contributed by atoms with Crippen molar-refractivity contribution in [3.8, 4) is 6.01 Å². The van der Waals surface area contributed by atoms with Crippen molar-refractivity contribution in [2.45, 2.75) is 13.8 Å². The van der Waals surface area contributed by atoms with Gasteiger partial charge in [-0.1, -0.05) is 12.1 Å². The largest absolute Gasteiger partial charge is 0.467 e. The Kier molecular flexibility index (Phi) is 4.16. The maximum atomic E-state index is 5.88. The van der Waals surface area contributed by atoms with E-state index in [9.17, 15) is 0 Å². The predicted octanol–water partition coefficient (Wildman–Crippen LogP) is 3.00. The number of aromatic nitrogens is 3. The molecule has 2 aromatic rings. The molecule has 1 aromatic carbocycles. The Morgan fingerprint density at radius 3 is 2.68 bits per heavy atom. The van der Waals surface area contributed by atoms with Gasteiger partial charge in [-0.15, -0.1) is 0 Å². The zero-order valence-electron chi connectivity index (χ0n) is 11.1. The monoisotopic (exact) mass is 278 g/mol. The van der Waals surface area contributed by atoms with Gasteiger partial charge in [0.25, 0.3) is 0 Å². The predicted molar refractivity (Wildman–Crippen MR) is 75.2 cm³/mol. The van der Waals surface area contributed by atoms with Gasteiger partial charge in [-0.3, -0.25) is 0 Å². The zero-order valence-corrected chi connectivity index (χ0v) is 11.8. The average molecular weight is 279 g/mol. The van der Waals surface area contributed by atoms with Crippen molar-refractivity contribution < 1.29 is 4.74 Å². The summed E-state index contributed by atoms with van der Waals surface area (Å²) >= 11 is 5.88. The molecule has 0 saturated heterocycles. The summed E-state index contributed by atoms with van der Waals surface area (Å²) < 4.78 is 5.02. The highest BCUT2D eigenvalue weighted by atomic mass is 35.5. The third kappa shape index (κ3) is 3.12. The summed E-state index contributed by atoms with van der Waals surface area (Å²) in [7, 11) is 1.50. The van der Waals surface area contributed by atoms with E-state index in [4.69, 9.17) is 16.3 Å². The molecule has 0 aliphatic rings. The number of hydrogen-bond donors (Lipinski definition) is 0. The fraction of sp³-hybridized carbons (Fsp3) is 0.308. The molecule has 0 bridgehead atoms. The standard InChI is InChI=1S/C13H15ClN4O/c1-4-18(10-7-5-6-9(2)8-10)12-15-11(14)16-13(17-12)19-3/h5-8H,4H2,1-3H3. The molecule has 0 aliphatic carbocycles. The van der Waals surface area contributed by atoms with E-state index in [1.54, 1.807) is 0 Å². The number of halogens is 1. The number of methoxy groups -OCH3 is 1.